The first-order chi connectivity index (χ1) is 9.11. The van der Waals surface area contributed by atoms with Gasteiger partial charge >= 0.3 is 0 Å². The summed E-state index contributed by atoms with van der Waals surface area (Å²) in [7, 11) is 0. The van der Waals surface area contributed by atoms with Crippen LogP contribution in [0.3, 0.4) is 0 Å². The van der Waals surface area contributed by atoms with Gasteiger partial charge in [0.25, 0.3) is 0 Å². The molecule has 4 heteroatoms. The zero-order valence-corrected chi connectivity index (χ0v) is 11.1. The third kappa shape index (κ3) is 1.79. The van der Waals surface area contributed by atoms with Crippen LogP contribution in [0.25, 0.3) is 21.9 Å². The molecule has 0 radical (unpaired) electrons. The molecule has 3 rings (SSSR count). The lowest BCUT2D eigenvalue weighted by Gasteiger charge is -2.05. The van der Waals surface area contributed by atoms with Gasteiger partial charge in [-0.25, -0.2) is 0 Å². The molecule has 3 N–H and O–H groups in total. The van der Waals surface area contributed by atoms with Crippen LogP contribution in [-0.2, 0) is 6.42 Å². The number of furan rings is 2. The van der Waals surface area contributed by atoms with Crippen LogP contribution in [0.4, 0.5) is 0 Å². The topological polar surface area (TPSA) is 72.5 Å². The summed E-state index contributed by atoms with van der Waals surface area (Å²) in [6, 6.07) is 3.78. The van der Waals surface area contributed by atoms with Gasteiger partial charge in [-0.3, -0.25) is 0 Å². The summed E-state index contributed by atoms with van der Waals surface area (Å²) in [4.78, 5) is 0. The van der Waals surface area contributed by atoms with Crippen LogP contribution >= 0.6 is 0 Å². The molecule has 2 heterocycles. The van der Waals surface area contributed by atoms with Crippen molar-refractivity contribution in [3.05, 3.63) is 29.2 Å². The Kier molecular flexibility index (Phi) is 2.75. The molecule has 3 aromatic rings. The van der Waals surface area contributed by atoms with E-state index < -0.39 is 0 Å². The van der Waals surface area contributed by atoms with Gasteiger partial charge in [-0.15, -0.1) is 0 Å². The fourth-order valence-corrected chi connectivity index (χ4v) is 2.60. The van der Waals surface area contributed by atoms with Crippen molar-refractivity contribution in [1.29, 1.82) is 0 Å². The van der Waals surface area contributed by atoms with E-state index in [-0.39, 0.29) is 5.75 Å². The Balaban J connectivity index is 2.40. The Morgan fingerprint density at radius 1 is 1.05 bits per heavy atom. The van der Waals surface area contributed by atoms with Gasteiger partial charge in [0, 0.05) is 10.9 Å². The maximum Gasteiger partial charge on any atom is 0.177 e. The van der Waals surface area contributed by atoms with E-state index in [1.54, 1.807) is 0 Å². The molecule has 0 spiro atoms. The fraction of sp³-hybridized carbons (Fsp3) is 0.333. The van der Waals surface area contributed by atoms with Crippen LogP contribution in [0.2, 0.25) is 0 Å². The van der Waals surface area contributed by atoms with Crippen molar-refractivity contribution in [1.82, 2.24) is 0 Å². The largest absolute Gasteiger partial charge is 0.504 e. The summed E-state index contributed by atoms with van der Waals surface area (Å²) >= 11 is 0. The predicted octanol–water partition coefficient (Wildman–Crippen LogP) is 3.39. The molecule has 19 heavy (non-hydrogen) atoms. The first-order valence-electron chi connectivity index (χ1n) is 6.46. The minimum Gasteiger partial charge on any atom is -0.504 e. The summed E-state index contributed by atoms with van der Waals surface area (Å²) in [6.07, 6.45) is 1.69. The quantitative estimate of drug-likeness (QED) is 0.756. The van der Waals surface area contributed by atoms with E-state index in [1.165, 1.54) is 0 Å². The van der Waals surface area contributed by atoms with E-state index >= 15 is 0 Å². The van der Waals surface area contributed by atoms with Crippen molar-refractivity contribution in [2.75, 3.05) is 6.54 Å². The summed E-state index contributed by atoms with van der Waals surface area (Å²) in [5.74, 6) is 1.72. The number of fused-ring (bicyclic) bond motifs is 2. The molecule has 0 fully saturated rings. The molecule has 0 aliphatic carbocycles. The highest BCUT2D eigenvalue weighted by Gasteiger charge is 2.19. The number of rotatable bonds is 3. The summed E-state index contributed by atoms with van der Waals surface area (Å²) in [6.45, 7) is 4.37. The van der Waals surface area contributed by atoms with Gasteiger partial charge in [-0.1, -0.05) is 0 Å². The molecule has 0 saturated carbocycles. The molecular weight excluding hydrogens is 242 g/mol. The lowest BCUT2D eigenvalue weighted by atomic mass is 10.0. The average Bonchev–Trinajstić information content (AvgIpc) is 2.93. The van der Waals surface area contributed by atoms with E-state index in [1.807, 2.05) is 26.0 Å². The van der Waals surface area contributed by atoms with Crippen molar-refractivity contribution >= 4 is 21.9 Å². The zero-order valence-electron chi connectivity index (χ0n) is 11.1. The lowest BCUT2D eigenvalue weighted by molar-refractivity contribution is 0.466. The number of hydrogen-bond donors (Lipinski definition) is 2. The van der Waals surface area contributed by atoms with Crippen LogP contribution in [0.15, 0.2) is 21.0 Å². The van der Waals surface area contributed by atoms with Gasteiger partial charge in [-0.2, -0.15) is 0 Å². The smallest absolute Gasteiger partial charge is 0.177 e. The molecule has 0 amide bonds. The van der Waals surface area contributed by atoms with Crippen molar-refractivity contribution in [3.8, 4) is 5.75 Å². The minimum atomic E-state index is 0.159. The van der Waals surface area contributed by atoms with Crippen molar-refractivity contribution in [3.63, 3.8) is 0 Å². The zero-order chi connectivity index (χ0) is 13.6. The van der Waals surface area contributed by atoms with Crippen molar-refractivity contribution in [2.45, 2.75) is 26.7 Å². The van der Waals surface area contributed by atoms with Gasteiger partial charge < -0.3 is 19.7 Å². The molecule has 0 atom stereocenters. The molecule has 0 bridgehead atoms. The number of phenolic OH excluding ortho intramolecular Hbond substituents is 1. The number of benzene rings is 1. The average molecular weight is 259 g/mol. The van der Waals surface area contributed by atoms with E-state index in [0.29, 0.717) is 17.5 Å². The summed E-state index contributed by atoms with van der Waals surface area (Å²) in [5, 5.41) is 11.9. The van der Waals surface area contributed by atoms with Crippen LogP contribution < -0.4 is 5.73 Å². The third-order valence-electron chi connectivity index (χ3n) is 3.41. The van der Waals surface area contributed by atoms with Gasteiger partial charge in [0.2, 0.25) is 0 Å². The Morgan fingerprint density at radius 3 is 2.37 bits per heavy atom. The van der Waals surface area contributed by atoms with Gasteiger partial charge in [-0.05, 0) is 45.4 Å². The maximum atomic E-state index is 10.3. The molecule has 1 aromatic carbocycles. The van der Waals surface area contributed by atoms with Crippen LogP contribution in [0, 0.1) is 13.8 Å². The first kappa shape index (κ1) is 12.1. The molecular formula is C15H17NO3. The number of hydrogen-bond acceptors (Lipinski definition) is 4. The standard InChI is InChI=1S/C15H17NO3/c1-8-6-11-10(4-3-5-16)14-12(7-9(2)18-14)13(17)15(11)19-8/h6-7,17H,3-5,16H2,1-2H3. The highest BCUT2D eigenvalue weighted by Crippen LogP contribution is 2.40. The highest BCUT2D eigenvalue weighted by molar-refractivity contribution is 6.04. The SMILES string of the molecule is Cc1cc2c(CCCN)c3oc(C)cc3c(O)c2o1. The third-order valence-corrected chi connectivity index (χ3v) is 3.41. The Bertz CT molecular complexity index is 694. The Hall–Kier alpha value is -1.94. The van der Waals surface area contributed by atoms with Gasteiger partial charge in [0.1, 0.15) is 17.1 Å². The van der Waals surface area contributed by atoms with Crippen molar-refractivity contribution < 1.29 is 13.9 Å². The molecule has 2 aromatic heterocycles. The number of aryl methyl sites for hydroxylation is 3. The molecule has 0 aliphatic rings. The van der Waals surface area contributed by atoms with Crippen LogP contribution in [-0.4, -0.2) is 11.7 Å². The Morgan fingerprint density at radius 2 is 1.68 bits per heavy atom. The number of phenols is 1. The minimum absolute atomic E-state index is 0.159. The van der Waals surface area contributed by atoms with E-state index in [2.05, 4.69) is 0 Å². The van der Waals surface area contributed by atoms with Crippen molar-refractivity contribution in [2.24, 2.45) is 5.73 Å². The van der Waals surface area contributed by atoms with Gasteiger partial charge in [0.05, 0.1) is 5.39 Å². The molecule has 0 unspecified atom stereocenters. The molecule has 4 nitrogen and oxygen atoms in total. The van der Waals surface area contributed by atoms with E-state index in [9.17, 15) is 5.11 Å². The normalized spacial score (nSPS) is 11.7. The number of aromatic hydroxyl groups is 1. The second-order valence-electron chi connectivity index (χ2n) is 4.92. The van der Waals surface area contributed by atoms with Gasteiger partial charge in [0.15, 0.2) is 11.3 Å². The fourth-order valence-electron chi connectivity index (χ4n) is 2.60. The van der Waals surface area contributed by atoms with E-state index in [0.717, 1.165) is 40.9 Å². The first-order valence-corrected chi connectivity index (χ1v) is 6.46. The lowest BCUT2D eigenvalue weighted by Crippen LogP contribution is -2.00. The number of nitrogens with two attached hydrogens (primary N) is 1. The van der Waals surface area contributed by atoms with E-state index in [4.69, 9.17) is 14.6 Å². The van der Waals surface area contributed by atoms with Crippen LogP contribution in [0.5, 0.6) is 5.75 Å². The predicted molar refractivity (Wildman–Crippen MR) is 74.5 cm³/mol. The van der Waals surface area contributed by atoms with Crippen LogP contribution in [0.1, 0.15) is 23.5 Å². The molecule has 0 saturated heterocycles. The summed E-state index contributed by atoms with van der Waals surface area (Å²) < 4.78 is 11.4. The summed E-state index contributed by atoms with van der Waals surface area (Å²) in [5.41, 5.74) is 7.96. The monoisotopic (exact) mass is 259 g/mol. The molecule has 100 valence electrons. The molecule has 0 aliphatic heterocycles. The Labute approximate surface area is 110 Å². The second kappa shape index (κ2) is 4.31. The maximum absolute atomic E-state index is 10.3. The second-order valence-corrected chi connectivity index (χ2v) is 4.92. The highest BCUT2D eigenvalue weighted by atomic mass is 16.4.